The molecule has 1 atom stereocenters. The number of anilines is 1. The molecule has 3 aromatic rings. The standard InChI is InChI=1S/C28H32ClN5O4S/c1-2-38-20-14-12-17(13-15-20)24(27(36)32-19-9-4-3-5-10-19)34(16-18-8-6-7-11-21(18)29)28(37)25-22(30)23(26(31)35)33-39-25/h6-8,11-15,19,24H,2-5,9-10,16,30H2,1H3,(H2,31,35)(H,32,36)/t24-/m0/s1. The molecular formula is C28H32ClN5O4S. The zero-order valence-corrected chi connectivity index (χ0v) is 23.3. The molecule has 1 heterocycles. The molecule has 0 saturated heterocycles. The van der Waals surface area contributed by atoms with Crippen LogP contribution in [0.4, 0.5) is 5.69 Å². The van der Waals surface area contributed by atoms with Gasteiger partial charge in [0.25, 0.3) is 11.8 Å². The Morgan fingerprint density at radius 3 is 2.44 bits per heavy atom. The SMILES string of the molecule is CCOc1ccc([C@@H](C(=O)NC2CCCCC2)N(Cc2ccccc2Cl)C(=O)c2snc(C(N)=O)c2N)cc1. The molecule has 0 spiro atoms. The number of nitrogens with two attached hydrogens (primary N) is 2. The lowest BCUT2D eigenvalue weighted by atomic mass is 9.94. The summed E-state index contributed by atoms with van der Waals surface area (Å²) in [5.41, 5.74) is 12.5. The number of hydrogen-bond acceptors (Lipinski definition) is 7. The van der Waals surface area contributed by atoms with E-state index in [2.05, 4.69) is 9.69 Å². The molecular weight excluding hydrogens is 538 g/mol. The van der Waals surface area contributed by atoms with Crippen molar-refractivity contribution in [2.45, 2.75) is 57.7 Å². The number of nitrogen functional groups attached to an aromatic ring is 1. The van der Waals surface area contributed by atoms with E-state index in [0.717, 1.165) is 43.6 Å². The maximum absolute atomic E-state index is 14.1. The lowest BCUT2D eigenvalue weighted by Crippen LogP contribution is -2.46. The van der Waals surface area contributed by atoms with E-state index in [0.29, 0.717) is 28.5 Å². The predicted molar refractivity (Wildman–Crippen MR) is 152 cm³/mol. The number of amides is 3. The minimum atomic E-state index is -1.02. The van der Waals surface area contributed by atoms with Gasteiger partial charge < -0.3 is 26.4 Å². The van der Waals surface area contributed by atoms with Crippen molar-refractivity contribution in [2.24, 2.45) is 5.73 Å². The second kappa shape index (κ2) is 12.9. The van der Waals surface area contributed by atoms with Crippen molar-refractivity contribution >= 4 is 46.5 Å². The molecule has 9 nitrogen and oxygen atoms in total. The zero-order chi connectivity index (χ0) is 27.9. The Morgan fingerprint density at radius 2 is 1.82 bits per heavy atom. The van der Waals surface area contributed by atoms with E-state index < -0.39 is 17.9 Å². The molecule has 1 fully saturated rings. The van der Waals surface area contributed by atoms with Gasteiger partial charge in [0.2, 0.25) is 5.91 Å². The van der Waals surface area contributed by atoms with E-state index in [4.69, 9.17) is 27.8 Å². The number of benzene rings is 2. The molecule has 0 radical (unpaired) electrons. The average molecular weight is 570 g/mol. The van der Waals surface area contributed by atoms with E-state index in [1.165, 1.54) is 4.90 Å². The van der Waals surface area contributed by atoms with E-state index in [1.807, 2.05) is 13.0 Å². The van der Waals surface area contributed by atoms with Gasteiger partial charge in [-0.3, -0.25) is 14.4 Å². The Bertz CT molecular complexity index is 1320. The summed E-state index contributed by atoms with van der Waals surface area (Å²) in [4.78, 5) is 41.3. The van der Waals surface area contributed by atoms with Crippen molar-refractivity contribution in [3.05, 3.63) is 75.3 Å². The predicted octanol–water partition coefficient (Wildman–Crippen LogP) is 4.71. The number of ether oxygens (including phenoxy) is 1. The highest BCUT2D eigenvalue weighted by molar-refractivity contribution is 7.09. The third-order valence-electron chi connectivity index (χ3n) is 6.73. The van der Waals surface area contributed by atoms with E-state index in [1.54, 1.807) is 42.5 Å². The maximum atomic E-state index is 14.1. The fraction of sp³-hybridized carbons (Fsp3) is 0.357. The zero-order valence-electron chi connectivity index (χ0n) is 21.7. The van der Waals surface area contributed by atoms with Crippen LogP contribution >= 0.6 is 23.1 Å². The van der Waals surface area contributed by atoms with Gasteiger partial charge in [-0.15, -0.1) is 0 Å². The molecule has 206 valence electrons. The Morgan fingerprint density at radius 1 is 1.13 bits per heavy atom. The quantitative estimate of drug-likeness (QED) is 0.323. The molecule has 2 aromatic carbocycles. The van der Waals surface area contributed by atoms with Gasteiger partial charge in [0.15, 0.2) is 5.69 Å². The molecule has 1 aliphatic rings. The number of nitrogens with zero attached hydrogens (tertiary/aromatic N) is 2. The van der Waals surface area contributed by atoms with Gasteiger partial charge in [-0.05, 0) is 60.6 Å². The fourth-order valence-corrected chi connectivity index (χ4v) is 5.72. The van der Waals surface area contributed by atoms with E-state index in [-0.39, 0.29) is 34.8 Å². The van der Waals surface area contributed by atoms with Crippen molar-refractivity contribution in [2.75, 3.05) is 12.3 Å². The van der Waals surface area contributed by atoms with Crippen LogP contribution in [0.3, 0.4) is 0 Å². The molecule has 0 bridgehead atoms. The fourth-order valence-electron chi connectivity index (χ4n) is 4.76. The highest BCUT2D eigenvalue weighted by atomic mass is 35.5. The number of primary amides is 1. The lowest BCUT2D eigenvalue weighted by Gasteiger charge is -2.33. The van der Waals surface area contributed by atoms with Crippen molar-refractivity contribution in [1.82, 2.24) is 14.6 Å². The lowest BCUT2D eigenvalue weighted by molar-refractivity contribution is -0.127. The second-order valence-corrected chi connectivity index (χ2v) is 10.6. The van der Waals surface area contributed by atoms with Gasteiger partial charge in [-0.2, -0.15) is 4.37 Å². The number of carbonyl (C=O) groups excluding carboxylic acids is 3. The minimum Gasteiger partial charge on any atom is -0.494 e. The number of aromatic nitrogens is 1. The normalized spacial score (nSPS) is 14.4. The number of carbonyl (C=O) groups is 3. The van der Waals surface area contributed by atoms with Gasteiger partial charge >= 0.3 is 0 Å². The molecule has 3 amide bonds. The number of hydrogen-bond donors (Lipinski definition) is 3. The average Bonchev–Trinajstić information content (AvgIpc) is 3.32. The summed E-state index contributed by atoms with van der Waals surface area (Å²) in [7, 11) is 0. The van der Waals surface area contributed by atoms with Crippen LogP contribution in [0.25, 0.3) is 0 Å². The van der Waals surface area contributed by atoms with Crippen molar-refractivity contribution in [3.8, 4) is 5.75 Å². The maximum Gasteiger partial charge on any atom is 0.270 e. The molecule has 0 aliphatic heterocycles. The second-order valence-electron chi connectivity index (χ2n) is 9.41. The summed E-state index contributed by atoms with van der Waals surface area (Å²) in [5.74, 6) is -1.06. The summed E-state index contributed by atoms with van der Waals surface area (Å²) in [5, 5.41) is 3.62. The van der Waals surface area contributed by atoms with Crippen molar-refractivity contribution < 1.29 is 19.1 Å². The van der Waals surface area contributed by atoms with Gasteiger partial charge in [-0.25, -0.2) is 0 Å². The van der Waals surface area contributed by atoms with E-state index in [9.17, 15) is 14.4 Å². The van der Waals surface area contributed by atoms with Crippen LogP contribution in [0.1, 0.15) is 76.4 Å². The van der Waals surface area contributed by atoms with Crippen LogP contribution in [0, 0.1) is 0 Å². The number of rotatable bonds is 10. The number of nitrogens with one attached hydrogen (secondary N) is 1. The first-order chi connectivity index (χ1) is 18.8. The van der Waals surface area contributed by atoms with Crippen LogP contribution in [0.15, 0.2) is 48.5 Å². The summed E-state index contributed by atoms with van der Waals surface area (Å²) in [6.45, 7) is 2.39. The number of halogens is 1. The van der Waals surface area contributed by atoms with Crippen molar-refractivity contribution in [3.63, 3.8) is 0 Å². The van der Waals surface area contributed by atoms with Crippen LogP contribution in [0.5, 0.6) is 5.75 Å². The molecule has 5 N–H and O–H groups in total. The smallest absolute Gasteiger partial charge is 0.270 e. The molecule has 11 heteroatoms. The Kier molecular flexibility index (Phi) is 9.42. The van der Waals surface area contributed by atoms with Crippen LogP contribution in [-0.4, -0.2) is 39.6 Å². The minimum absolute atomic E-state index is 0.0116. The van der Waals surface area contributed by atoms with Gasteiger partial charge in [-0.1, -0.05) is 61.2 Å². The van der Waals surface area contributed by atoms with Crippen LogP contribution in [0.2, 0.25) is 5.02 Å². The Hall–Kier alpha value is -3.63. The third kappa shape index (κ3) is 6.69. The highest BCUT2D eigenvalue weighted by Crippen LogP contribution is 2.32. The first-order valence-electron chi connectivity index (χ1n) is 12.9. The summed E-state index contributed by atoms with van der Waals surface area (Å²) in [6.07, 6.45) is 4.97. The molecule has 0 unspecified atom stereocenters. The highest BCUT2D eigenvalue weighted by Gasteiger charge is 2.36. The first-order valence-corrected chi connectivity index (χ1v) is 14.1. The first kappa shape index (κ1) is 28.4. The largest absolute Gasteiger partial charge is 0.494 e. The van der Waals surface area contributed by atoms with Crippen molar-refractivity contribution in [1.29, 1.82) is 0 Å². The molecule has 4 rings (SSSR count). The van der Waals surface area contributed by atoms with Gasteiger partial charge in [0, 0.05) is 17.6 Å². The van der Waals surface area contributed by atoms with Crippen LogP contribution < -0.4 is 21.5 Å². The summed E-state index contributed by atoms with van der Waals surface area (Å²) < 4.78 is 9.58. The Labute approximate surface area is 236 Å². The molecule has 1 aliphatic carbocycles. The summed E-state index contributed by atoms with van der Waals surface area (Å²) >= 11 is 7.26. The molecule has 39 heavy (non-hydrogen) atoms. The van der Waals surface area contributed by atoms with E-state index >= 15 is 0 Å². The Balaban J connectivity index is 1.80. The molecule has 1 aromatic heterocycles. The van der Waals surface area contributed by atoms with Gasteiger partial charge in [0.1, 0.15) is 16.7 Å². The molecule has 1 saturated carbocycles. The third-order valence-corrected chi connectivity index (χ3v) is 7.95. The topological polar surface area (TPSA) is 141 Å². The summed E-state index contributed by atoms with van der Waals surface area (Å²) in [6, 6.07) is 13.2. The monoisotopic (exact) mass is 569 g/mol. The van der Waals surface area contributed by atoms with Gasteiger partial charge in [0.05, 0.1) is 12.3 Å². The van der Waals surface area contributed by atoms with Crippen LogP contribution in [-0.2, 0) is 11.3 Å².